The molecule has 52 heavy (non-hydrogen) atoms. The first-order valence-corrected chi connectivity index (χ1v) is 16.6. The maximum atomic E-state index is 12.6. The summed E-state index contributed by atoms with van der Waals surface area (Å²) in [6.07, 6.45) is 1.81. The van der Waals surface area contributed by atoms with Gasteiger partial charge in [-0.25, -0.2) is 19.2 Å². The smallest absolute Gasteiger partial charge is 0.463 e. The number of rotatable bonds is 21. The highest BCUT2D eigenvalue weighted by Gasteiger charge is 2.33. The van der Waals surface area contributed by atoms with Crippen LogP contribution in [0.3, 0.4) is 0 Å². The molecular formula is C38H42O14. The molecule has 0 N–H and O–H groups in total. The zero-order valence-corrected chi connectivity index (χ0v) is 28.9. The summed E-state index contributed by atoms with van der Waals surface area (Å²) in [5, 5.41) is 0. The second kappa shape index (κ2) is 20.9. The van der Waals surface area contributed by atoms with E-state index in [2.05, 4.69) is 13.5 Å². The van der Waals surface area contributed by atoms with E-state index < -0.39 is 24.2 Å². The van der Waals surface area contributed by atoms with E-state index >= 15 is 0 Å². The first-order chi connectivity index (χ1) is 25.2. The quantitative estimate of drug-likeness (QED) is 0.0217. The average Bonchev–Trinajstić information content (AvgIpc) is 3.13. The molecule has 0 amide bonds. The Morgan fingerprint density at radius 3 is 1.56 bits per heavy atom. The largest absolute Gasteiger partial charge is 0.513 e. The minimum Gasteiger partial charge on any atom is -0.463 e. The van der Waals surface area contributed by atoms with Gasteiger partial charge in [0, 0.05) is 18.1 Å². The van der Waals surface area contributed by atoms with E-state index in [9.17, 15) is 19.2 Å². The van der Waals surface area contributed by atoms with Crippen LogP contribution >= 0.6 is 0 Å². The van der Waals surface area contributed by atoms with Crippen LogP contribution in [-0.4, -0.2) is 77.3 Å². The van der Waals surface area contributed by atoms with Gasteiger partial charge in [0.05, 0.1) is 45.2 Å². The van der Waals surface area contributed by atoms with Crippen LogP contribution in [0, 0.1) is 5.41 Å². The van der Waals surface area contributed by atoms with Crippen LogP contribution in [0.25, 0.3) is 0 Å². The molecule has 1 fully saturated rings. The lowest BCUT2D eigenvalue weighted by molar-refractivity contribution is -0.138. The summed E-state index contributed by atoms with van der Waals surface area (Å²) in [5.74, 6) is 0.611. The standard InChI is InChI=1S/C38H42O14/c1-3-34(39)45-21-6-7-23-47-36(41)51-32-10-8-28(9-11-32)35(40)50-31-16-12-29(13-17-31)48-27-49-30-14-18-33(19-15-30)52-37(42)46-22-5-4-20-43-24-38(2)25-44-26-38/h3,8-19H,1,4-7,20-27H2,2H3. The molecule has 0 radical (unpaired) electrons. The molecule has 0 aromatic heterocycles. The van der Waals surface area contributed by atoms with Crippen LogP contribution < -0.4 is 23.7 Å². The number of ether oxygens (including phenoxy) is 10. The molecule has 14 nitrogen and oxygen atoms in total. The van der Waals surface area contributed by atoms with Crippen LogP contribution in [0.4, 0.5) is 9.59 Å². The number of hydrogen-bond donors (Lipinski definition) is 0. The van der Waals surface area contributed by atoms with Crippen LogP contribution in [0.1, 0.15) is 43.0 Å². The summed E-state index contributed by atoms with van der Waals surface area (Å²) < 4.78 is 52.7. The number of esters is 2. The molecule has 1 saturated heterocycles. The van der Waals surface area contributed by atoms with Crippen molar-refractivity contribution in [2.24, 2.45) is 5.41 Å². The van der Waals surface area contributed by atoms with Crippen LogP contribution in [0.2, 0.25) is 0 Å². The molecule has 1 aliphatic heterocycles. The maximum Gasteiger partial charge on any atom is 0.513 e. The molecule has 0 spiro atoms. The van der Waals surface area contributed by atoms with Gasteiger partial charge in [-0.2, -0.15) is 0 Å². The lowest BCUT2D eigenvalue weighted by Gasteiger charge is -2.37. The third kappa shape index (κ3) is 14.3. The van der Waals surface area contributed by atoms with Crippen LogP contribution in [-0.2, 0) is 28.5 Å². The fraction of sp³-hybridized carbons (Fsp3) is 0.368. The molecular weight excluding hydrogens is 680 g/mol. The van der Waals surface area contributed by atoms with E-state index in [4.69, 9.17) is 47.4 Å². The number of carbonyl (C=O) groups is 4. The highest BCUT2D eigenvalue weighted by atomic mass is 16.7. The summed E-state index contributed by atoms with van der Waals surface area (Å²) in [6, 6.07) is 18.5. The van der Waals surface area contributed by atoms with Gasteiger partial charge in [-0.05, 0) is 98.5 Å². The summed E-state index contributed by atoms with van der Waals surface area (Å²) in [7, 11) is 0. The van der Waals surface area contributed by atoms with Gasteiger partial charge in [-0.1, -0.05) is 13.5 Å². The summed E-state index contributed by atoms with van der Waals surface area (Å²) in [4.78, 5) is 47.4. The van der Waals surface area contributed by atoms with E-state index in [1.54, 1.807) is 48.5 Å². The summed E-state index contributed by atoms with van der Waals surface area (Å²) in [5.41, 5.74) is 0.355. The molecule has 0 atom stereocenters. The fourth-order valence-corrected chi connectivity index (χ4v) is 4.36. The van der Waals surface area contributed by atoms with Gasteiger partial charge in [-0.15, -0.1) is 0 Å². The molecule has 0 bridgehead atoms. The van der Waals surface area contributed by atoms with Crippen molar-refractivity contribution < 1.29 is 66.5 Å². The summed E-state index contributed by atoms with van der Waals surface area (Å²) >= 11 is 0. The molecule has 4 rings (SSSR count). The Hall–Kier alpha value is -5.60. The number of hydrogen-bond acceptors (Lipinski definition) is 14. The highest BCUT2D eigenvalue weighted by Crippen LogP contribution is 2.26. The molecule has 1 aliphatic rings. The zero-order chi connectivity index (χ0) is 37.0. The van der Waals surface area contributed by atoms with E-state index in [1.807, 2.05) is 0 Å². The van der Waals surface area contributed by atoms with Crippen molar-refractivity contribution in [2.45, 2.75) is 32.6 Å². The lowest BCUT2D eigenvalue weighted by atomic mass is 9.90. The van der Waals surface area contributed by atoms with Gasteiger partial charge in [0.2, 0.25) is 6.79 Å². The Morgan fingerprint density at radius 2 is 1.08 bits per heavy atom. The van der Waals surface area contributed by atoms with Gasteiger partial charge in [0.15, 0.2) is 0 Å². The molecule has 0 saturated carbocycles. The minimum atomic E-state index is -0.901. The number of unbranched alkanes of at least 4 members (excludes halogenated alkanes) is 2. The Morgan fingerprint density at radius 1 is 0.635 bits per heavy atom. The topological polar surface area (TPSA) is 161 Å². The van der Waals surface area contributed by atoms with E-state index in [0.717, 1.165) is 25.7 Å². The minimum absolute atomic E-state index is 0.0887. The fourth-order valence-electron chi connectivity index (χ4n) is 4.36. The number of benzene rings is 3. The van der Waals surface area contributed by atoms with Gasteiger partial charge >= 0.3 is 24.2 Å². The molecule has 14 heteroatoms. The second-order valence-electron chi connectivity index (χ2n) is 11.8. The van der Waals surface area contributed by atoms with E-state index in [0.29, 0.717) is 49.7 Å². The van der Waals surface area contributed by atoms with Crippen molar-refractivity contribution in [1.82, 2.24) is 0 Å². The van der Waals surface area contributed by atoms with Crippen molar-refractivity contribution in [3.8, 4) is 28.7 Å². The lowest BCUT2D eigenvalue weighted by Crippen LogP contribution is -2.43. The van der Waals surface area contributed by atoms with Crippen molar-refractivity contribution >= 4 is 24.2 Å². The molecule has 0 aliphatic carbocycles. The third-order valence-corrected chi connectivity index (χ3v) is 7.23. The molecule has 3 aromatic rings. The molecule has 3 aromatic carbocycles. The molecule has 278 valence electrons. The normalized spacial score (nSPS) is 12.7. The first kappa shape index (κ1) is 39.2. The second-order valence-corrected chi connectivity index (χ2v) is 11.8. The SMILES string of the molecule is C=CC(=O)OCCCCOC(=O)Oc1ccc(C(=O)Oc2ccc(OCOc3ccc(OC(=O)OCCCCOCC4(C)COC4)cc3)cc2)cc1. The van der Waals surface area contributed by atoms with Gasteiger partial charge < -0.3 is 47.4 Å². The zero-order valence-electron chi connectivity index (χ0n) is 28.9. The van der Waals surface area contributed by atoms with Gasteiger partial charge in [0.25, 0.3) is 0 Å². The van der Waals surface area contributed by atoms with Crippen LogP contribution in [0.5, 0.6) is 28.7 Å². The average molecular weight is 723 g/mol. The van der Waals surface area contributed by atoms with Crippen molar-refractivity contribution in [1.29, 1.82) is 0 Å². The predicted octanol–water partition coefficient (Wildman–Crippen LogP) is 6.69. The van der Waals surface area contributed by atoms with Crippen molar-refractivity contribution in [2.75, 3.05) is 53.0 Å². The highest BCUT2D eigenvalue weighted by molar-refractivity contribution is 5.91. The Bertz CT molecular complexity index is 1580. The molecule has 1 heterocycles. The van der Waals surface area contributed by atoms with Crippen molar-refractivity contribution in [3.63, 3.8) is 0 Å². The van der Waals surface area contributed by atoms with Gasteiger partial charge in [0.1, 0.15) is 28.7 Å². The Balaban J connectivity index is 1.06. The first-order valence-electron chi connectivity index (χ1n) is 16.6. The van der Waals surface area contributed by atoms with Crippen molar-refractivity contribution in [3.05, 3.63) is 91.0 Å². The van der Waals surface area contributed by atoms with Crippen LogP contribution in [0.15, 0.2) is 85.5 Å². The maximum absolute atomic E-state index is 12.6. The predicted molar refractivity (Wildman–Crippen MR) is 184 cm³/mol. The third-order valence-electron chi connectivity index (χ3n) is 7.23. The van der Waals surface area contributed by atoms with E-state index in [-0.39, 0.29) is 49.1 Å². The van der Waals surface area contributed by atoms with Gasteiger partial charge in [-0.3, -0.25) is 0 Å². The molecule has 0 unspecified atom stereocenters. The summed E-state index contributed by atoms with van der Waals surface area (Å²) in [6.45, 7) is 8.56. The monoisotopic (exact) mass is 722 g/mol. The number of carbonyl (C=O) groups excluding carboxylic acids is 4. The Labute approximate surface area is 301 Å². The Kier molecular flexibility index (Phi) is 15.8. The van der Waals surface area contributed by atoms with E-state index in [1.165, 1.54) is 24.3 Å².